The molecular weight excluding hydrogens is 330 g/mol. The smallest absolute Gasteiger partial charge is 0.311 e. The average molecular weight is 351 g/mol. The number of methoxy groups -OCH3 is 1. The minimum atomic E-state index is -0.309. The molecule has 0 amide bonds. The number of fused-ring (bicyclic) bond motifs is 1. The summed E-state index contributed by atoms with van der Waals surface area (Å²) >= 11 is 0. The summed E-state index contributed by atoms with van der Waals surface area (Å²) in [6, 6.07) is 15.1. The molecule has 0 fully saturated rings. The number of carbonyl (C=O) groups excluding carboxylic acids is 1. The molecule has 0 spiro atoms. The molecule has 0 aliphatic heterocycles. The molecule has 0 aliphatic rings. The van der Waals surface area contributed by atoms with E-state index in [0.29, 0.717) is 18.7 Å². The van der Waals surface area contributed by atoms with Crippen molar-refractivity contribution in [2.75, 3.05) is 13.7 Å². The quantitative estimate of drug-likeness (QED) is 0.659. The summed E-state index contributed by atoms with van der Waals surface area (Å²) in [7, 11) is 1.37. The van der Waals surface area contributed by atoms with Gasteiger partial charge in [-0.2, -0.15) is 0 Å². The van der Waals surface area contributed by atoms with Crippen LogP contribution in [0, 0.1) is 0 Å². The van der Waals surface area contributed by atoms with Crippen LogP contribution in [0.2, 0.25) is 0 Å². The van der Waals surface area contributed by atoms with E-state index in [-0.39, 0.29) is 18.5 Å². The van der Waals surface area contributed by atoms with Crippen molar-refractivity contribution in [1.82, 2.24) is 9.97 Å². The first-order chi connectivity index (χ1) is 12.7. The second-order valence-corrected chi connectivity index (χ2v) is 5.85. The molecule has 0 saturated heterocycles. The fraction of sp³-hybridized carbons (Fsp3) is 0.250. The van der Waals surface area contributed by atoms with Crippen LogP contribution in [0.15, 0.2) is 54.7 Å². The minimum Gasteiger partial charge on any atom is -0.484 e. The first-order valence-corrected chi connectivity index (χ1v) is 8.44. The highest BCUT2D eigenvalue weighted by atomic mass is 16.5. The lowest BCUT2D eigenvalue weighted by atomic mass is 10.1. The lowest BCUT2D eigenvalue weighted by molar-refractivity contribution is -0.139. The van der Waals surface area contributed by atoms with E-state index in [1.54, 1.807) is 6.20 Å². The summed E-state index contributed by atoms with van der Waals surface area (Å²) in [5, 5.41) is 0.934. The molecule has 0 saturated carbocycles. The second-order valence-electron chi connectivity index (χ2n) is 5.85. The summed E-state index contributed by atoms with van der Waals surface area (Å²) in [4.78, 5) is 20.2. The third-order valence-corrected chi connectivity index (χ3v) is 4.00. The molecule has 1 aromatic carbocycles. The van der Waals surface area contributed by atoms with E-state index in [2.05, 4.69) is 14.7 Å². The standard InChI is InChI=1S/C20H21N3O3/c1-25-20(24)13-15-6-5-14-12-16(7-8-17(14)23-15)26-19(9-10-21)18-4-2-3-11-22-18/h2-8,11-12,19H,9-10,13,21H2,1H3. The summed E-state index contributed by atoms with van der Waals surface area (Å²) in [5.41, 5.74) is 8.05. The minimum absolute atomic E-state index is 0.156. The van der Waals surface area contributed by atoms with Crippen LogP contribution in [0.25, 0.3) is 10.9 Å². The van der Waals surface area contributed by atoms with Gasteiger partial charge in [0.2, 0.25) is 0 Å². The largest absolute Gasteiger partial charge is 0.484 e. The Hall–Kier alpha value is -2.99. The van der Waals surface area contributed by atoms with Crippen molar-refractivity contribution in [1.29, 1.82) is 0 Å². The predicted molar refractivity (Wildman–Crippen MR) is 98.7 cm³/mol. The Balaban J connectivity index is 1.81. The van der Waals surface area contributed by atoms with E-state index < -0.39 is 0 Å². The SMILES string of the molecule is COC(=O)Cc1ccc2cc(OC(CCN)c3ccccn3)ccc2n1. The summed E-state index contributed by atoms with van der Waals surface area (Å²) in [6.07, 6.45) is 2.37. The lowest BCUT2D eigenvalue weighted by Crippen LogP contribution is -2.14. The number of nitrogens with two attached hydrogens (primary N) is 1. The lowest BCUT2D eigenvalue weighted by Gasteiger charge is -2.18. The van der Waals surface area contributed by atoms with Gasteiger partial charge in [0.1, 0.15) is 11.9 Å². The number of esters is 1. The first kappa shape index (κ1) is 17.8. The molecule has 6 nitrogen and oxygen atoms in total. The monoisotopic (exact) mass is 351 g/mol. The molecule has 3 aromatic rings. The molecule has 1 unspecified atom stereocenters. The van der Waals surface area contributed by atoms with Crippen LogP contribution in [0.4, 0.5) is 0 Å². The second kappa shape index (κ2) is 8.40. The van der Waals surface area contributed by atoms with E-state index in [4.69, 9.17) is 10.5 Å². The normalized spacial score (nSPS) is 11.9. The Bertz CT molecular complexity index is 884. The Morgan fingerprint density at radius 1 is 1.19 bits per heavy atom. The van der Waals surface area contributed by atoms with Gasteiger partial charge in [0, 0.05) is 18.0 Å². The average Bonchev–Trinajstić information content (AvgIpc) is 2.68. The van der Waals surface area contributed by atoms with Crippen molar-refractivity contribution in [3.63, 3.8) is 0 Å². The van der Waals surface area contributed by atoms with Crippen LogP contribution < -0.4 is 10.5 Å². The molecule has 3 rings (SSSR count). The number of hydrogen-bond donors (Lipinski definition) is 1. The Kier molecular flexibility index (Phi) is 5.76. The van der Waals surface area contributed by atoms with Gasteiger partial charge in [-0.25, -0.2) is 0 Å². The molecule has 0 radical (unpaired) electrons. The summed E-state index contributed by atoms with van der Waals surface area (Å²) < 4.78 is 10.8. The Morgan fingerprint density at radius 2 is 2.08 bits per heavy atom. The van der Waals surface area contributed by atoms with Gasteiger partial charge in [0.05, 0.1) is 30.4 Å². The van der Waals surface area contributed by atoms with Crippen LogP contribution in [-0.2, 0) is 16.0 Å². The fourth-order valence-corrected chi connectivity index (χ4v) is 2.69. The number of rotatable bonds is 7. The maximum Gasteiger partial charge on any atom is 0.311 e. The van der Waals surface area contributed by atoms with Crippen LogP contribution in [0.1, 0.15) is 23.9 Å². The van der Waals surface area contributed by atoms with Crippen molar-refractivity contribution >= 4 is 16.9 Å². The fourth-order valence-electron chi connectivity index (χ4n) is 2.69. The highest BCUT2D eigenvalue weighted by molar-refractivity contribution is 5.81. The van der Waals surface area contributed by atoms with Gasteiger partial charge in [0.25, 0.3) is 0 Å². The molecule has 2 aromatic heterocycles. The van der Waals surface area contributed by atoms with E-state index in [1.165, 1.54) is 7.11 Å². The van der Waals surface area contributed by atoms with Crippen molar-refractivity contribution < 1.29 is 14.3 Å². The van der Waals surface area contributed by atoms with Gasteiger partial charge in [0.15, 0.2) is 0 Å². The number of hydrogen-bond acceptors (Lipinski definition) is 6. The Labute approximate surface area is 152 Å². The van der Waals surface area contributed by atoms with Gasteiger partial charge in [-0.05, 0) is 42.9 Å². The van der Waals surface area contributed by atoms with E-state index in [0.717, 1.165) is 22.3 Å². The maximum atomic E-state index is 11.4. The van der Waals surface area contributed by atoms with Gasteiger partial charge >= 0.3 is 5.97 Å². The molecular formula is C20H21N3O3. The highest BCUT2D eigenvalue weighted by Gasteiger charge is 2.14. The molecule has 26 heavy (non-hydrogen) atoms. The molecule has 2 N–H and O–H groups in total. The molecule has 134 valence electrons. The molecule has 1 atom stereocenters. The van der Waals surface area contributed by atoms with E-state index in [1.807, 2.05) is 48.5 Å². The van der Waals surface area contributed by atoms with Gasteiger partial charge in [-0.3, -0.25) is 14.8 Å². The van der Waals surface area contributed by atoms with Crippen LogP contribution in [0.5, 0.6) is 5.75 Å². The molecule has 2 heterocycles. The van der Waals surface area contributed by atoms with Crippen molar-refractivity contribution in [2.24, 2.45) is 5.73 Å². The van der Waals surface area contributed by atoms with Crippen molar-refractivity contribution in [3.05, 3.63) is 66.1 Å². The zero-order valence-electron chi connectivity index (χ0n) is 14.6. The third kappa shape index (κ3) is 4.34. The zero-order valence-corrected chi connectivity index (χ0v) is 14.6. The van der Waals surface area contributed by atoms with Crippen LogP contribution in [0.3, 0.4) is 0 Å². The van der Waals surface area contributed by atoms with Crippen LogP contribution >= 0.6 is 0 Å². The zero-order chi connectivity index (χ0) is 18.4. The van der Waals surface area contributed by atoms with Gasteiger partial charge in [-0.15, -0.1) is 0 Å². The summed E-state index contributed by atoms with van der Waals surface area (Å²) in [6.45, 7) is 0.507. The van der Waals surface area contributed by atoms with Gasteiger partial charge < -0.3 is 15.2 Å². The first-order valence-electron chi connectivity index (χ1n) is 8.44. The highest BCUT2D eigenvalue weighted by Crippen LogP contribution is 2.26. The summed E-state index contributed by atoms with van der Waals surface area (Å²) in [5.74, 6) is 0.418. The maximum absolute atomic E-state index is 11.4. The van der Waals surface area contributed by atoms with Gasteiger partial charge in [-0.1, -0.05) is 12.1 Å². The van der Waals surface area contributed by atoms with E-state index in [9.17, 15) is 4.79 Å². The number of benzene rings is 1. The Morgan fingerprint density at radius 3 is 2.81 bits per heavy atom. The number of ether oxygens (including phenoxy) is 2. The molecule has 6 heteroatoms. The number of pyridine rings is 2. The predicted octanol–water partition coefficient (Wildman–Crippen LogP) is 2.81. The third-order valence-electron chi connectivity index (χ3n) is 4.00. The van der Waals surface area contributed by atoms with E-state index >= 15 is 0 Å². The number of nitrogens with zero attached hydrogens (tertiary/aromatic N) is 2. The number of aromatic nitrogens is 2. The van der Waals surface area contributed by atoms with Crippen molar-refractivity contribution in [2.45, 2.75) is 18.9 Å². The van der Waals surface area contributed by atoms with Crippen LogP contribution in [-0.4, -0.2) is 29.6 Å². The van der Waals surface area contributed by atoms with Crippen molar-refractivity contribution in [3.8, 4) is 5.75 Å². The molecule has 0 aliphatic carbocycles. The molecule has 0 bridgehead atoms. The topological polar surface area (TPSA) is 87.3 Å². The number of carbonyl (C=O) groups is 1.